The topological polar surface area (TPSA) is 110 Å². The van der Waals surface area contributed by atoms with Crippen LogP contribution in [0.25, 0.3) is 0 Å². The van der Waals surface area contributed by atoms with Crippen molar-refractivity contribution >= 4 is 35.0 Å². The third-order valence-corrected chi connectivity index (χ3v) is 4.96. The number of rotatable bonds is 8. The van der Waals surface area contributed by atoms with Gasteiger partial charge >= 0.3 is 0 Å². The van der Waals surface area contributed by atoms with Crippen molar-refractivity contribution in [2.24, 2.45) is 0 Å². The average molecular weight is 407 g/mol. The molecule has 0 saturated heterocycles. The fourth-order valence-electron chi connectivity index (χ4n) is 2.19. The number of nitrogens with zero attached hydrogens (tertiary/aromatic N) is 4. The number of carbonyl (C=O) groups is 1. The van der Waals surface area contributed by atoms with Crippen LogP contribution in [-0.4, -0.2) is 31.2 Å². The fraction of sp³-hybridized carbons (Fsp3) is 0.353. The Bertz CT molecular complexity index is 926. The number of carbonyl (C=O) groups excluding carboxylic acids is 1. The summed E-state index contributed by atoms with van der Waals surface area (Å²) in [6.45, 7) is 3.91. The summed E-state index contributed by atoms with van der Waals surface area (Å²) < 4.78 is 5.19. The van der Waals surface area contributed by atoms with Crippen LogP contribution in [0.15, 0.2) is 27.9 Å². The van der Waals surface area contributed by atoms with Crippen LogP contribution < -0.4 is 5.32 Å². The van der Waals surface area contributed by atoms with E-state index in [2.05, 4.69) is 30.6 Å². The highest BCUT2D eigenvalue weighted by Gasteiger charge is 2.11. The number of aromatic amines is 1. The lowest BCUT2D eigenvalue weighted by Crippen LogP contribution is -2.12. The first-order valence-corrected chi connectivity index (χ1v) is 9.81. The summed E-state index contributed by atoms with van der Waals surface area (Å²) >= 11 is 7.48. The van der Waals surface area contributed by atoms with Crippen LogP contribution in [-0.2, 0) is 23.4 Å². The Morgan fingerprint density at radius 3 is 2.96 bits per heavy atom. The summed E-state index contributed by atoms with van der Waals surface area (Å²) in [7, 11) is 0. The number of hydrogen-bond acceptors (Lipinski definition) is 7. The molecule has 2 aromatic heterocycles. The molecule has 10 heteroatoms. The fourth-order valence-corrected chi connectivity index (χ4v) is 3.04. The maximum Gasteiger partial charge on any atom is 0.227 e. The number of amides is 1. The minimum Gasteiger partial charge on any atom is -0.339 e. The van der Waals surface area contributed by atoms with Crippen LogP contribution in [0.2, 0.25) is 5.02 Å². The molecule has 0 unspecified atom stereocenters. The molecule has 27 heavy (non-hydrogen) atoms. The molecule has 0 bridgehead atoms. The summed E-state index contributed by atoms with van der Waals surface area (Å²) in [5.41, 5.74) is 1.62. The van der Waals surface area contributed by atoms with E-state index in [1.54, 1.807) is 6.07 Å². The van der Waals surface area contributed by atoms with Crippen molar-refractivity contribution in [3.8, 4) is 0 Å². The standard InChI is InChI=1S/C17H19ClN6O2S/c1-3-13-21-17(23-22-13)27-9-14-20-16(26-24-14)7-6-15(25)19-11-5-4-10(2)12(18)8-11/h4-5,8H,3,6-7,9H2,1-2H3,(H,19,25)(H,21,22,23). The van der Waals surface area contributed by atoms with Gasteiger partial charge in [0.1, 0.15) is 5.82 Å². The van der Waals surface area contributed by atoms with Gasteiger partial charge in [-0.25, -0.2) is 4.98 Å². The van der Waals surface area contributed by atoms with Gasteiger partial charge in [-0.3, -0.25) is 9.89 Å². The first kappa shape index (κ1) is 19.4. The van der Waals surface area contributed by atoms with Crippen molar-refractivity contribution < 1.29 is 9.32 Å². The molecular weight excluding hydrogens is 388 g/mol. The van der Waals surface area contributed by atoms with Crippen molar-refractivity contribution in [3.63, 3.8) is 0 Å². The number of hydrogen-bond donors (Lipinski definition) is 2. The lowest BCUT2D eigenvalue weighted by Gasteiger charge is -2.06. The number of aromatic nitrogens is 5. The van der Waals surface area contributed by atoms with Gasteiger partial charge in [0.25, 0.3) is 0 Å². The highest BCUT2D eigenvalue weighted by Crippen LogP contribution is 2.20. The van der Waals surface area contributed by atoms with E-state index in [-0.39, 0.29) is 12.3 Å². The second kappa shape index (κ2) is 9.01. The zero-order chi connectivity index (χ0) is 19.2. The summed E-state index contributed by atoms with van der Waals surface area (Å²) in [6.07, 6.45) is 1.40. The molecule has 3 rings (SSSR count). The molecule has 0 fully saturated rings. The Morgan fingerprint density at radius 2 is 2.22 bits per heavy atom. The highest BCUT2D eigenvalue weighted by molar-refractivity contribution is 7.98. The van der Waals surface area contributed by atoms with E-state index in [0.717, 1.165) is 17.8 Å². The molecule has 0 aliphatic carbocycles. The second-order valence-corrected chi connectivity index (χ2v) is 7.17. The van der Waals surface area contributed by atoms with Crippen molar-refractivity contribution in [1.29, 1.82) is 0 Å². The normalized spacial score (nSPS) is 10.9. The van der Waals surface area contributed by atoms with Gasteiger partial charge in [0.05, 0.1) is 5.75 Å². The number of halogens is 1. The summed E-state index contributed by atoms with van der Waals surface area (Å²) in [5.74, 6) is 2.16. The SMILES string of the molecule is CCc1nc(SCc2noc(CCC(=O)Nc3ccc(C)c(Cl)c3)n2)n[nH]1. The highest BCUT2D eigenvalue weighted by atomic mass is 35.5. The number of thioether (sulfide) groups is 1. The average Bonchev–Trinajstić information content (AvgIpc) is 3.30. The van der Waals surface area contributed by atoms with E-state index >= 15 is 0 Å². The molecule has 0 spiro atoms. The predicted molar refractivity (Wildman–Crippen MR) is 103 cm³/mol. The van der Waals surface area contributed by atoms with E-state index in [0.29, 0.717) is 39.8 Å². The molecule has 0 atom stereocenters. The molecule has 0 aliphatic heterocycles. The smallest absolute Gasteiger partial charge is 0.227 e. The van der Waals surface area contributed by atoms with Gasteiger partial charge in [-0.2, -0.15) is 4.98 Å². The first-order chi connectivity index (χ1) is 13.0. The molecule has 1 aromatic carbocycles. The minimum absolute atomic E-state index is 0.142. The van der Waals surface area contributed by atoms with Gasteiger partial charge < -0.3 is 9.84 Å². The molecule has 8 nitrogen and oxygen atoms in total. The number of H-pyrrole nitrogens is 1. The predicted octanol–water partition coefficient (Wildman–Crippen LogP) is 3.58. The number of anilines is 1. The molecule has 0 aliphatic rings. The Labute approximate surface area is 165 Å². The van der Waals surface area contributed by atoms with Crippen molar-refractivity contribution in [2.45, 2.75) is 44.0 Å². The van der Waals surface area contributed by atoms with Gasteiger partial charge in [0, 0.05) is 30.0 Å². The molecular formula is C17H19ClN6O2S. The zero-order valence-electron chi connectivity index (χ0n) is 15.0. The van der Waals surface area contributed by atoms with Crippen LogP contribution in [0.1, 0.15) is 36.4 Å². The third kappa shape index (κ3) is 5.54. The maximum atomic E-state index is 12.1. The van der Waals surface area contributed by atoms with E-state index in [1.165, 1.54) is 11.8 Å². The lowest BCUT2D eigenvalue weighted by atomic mass is 10.2. The van der Waals surface area contributed by atoms with Gasteiger partial charge in [-0.05, 0) is 24.6 Å². The van der Waals surface area contributed by atoms with Crippen LogP contribution in [0, 0.1) is 6.92 Å². The van der Waals surface area contributed by atoms with E-state index in [4.69, 9.17) is 16.1 Å². The van der Waals surface area contributed by atoms with Crippen molar-refractivity contribution in [3.05, 3.63) is 46.3 Å². The molecule has 2 heterocycles. The van der Waals surface area contributed by atoms with Crippen molar-refractivity contribution in [2.75, 3.05) is 5.32 Å². The Kier molecular flexibility index (Phi) is 6.46. The summed E-state index contributed by atoms with van der Waals surface area (Å²) in [5, 5.41) is 14.9. The quantitative estimate of drug-likeness (QED) is 0.550. The summed E-state index contributed by atoms with van der Waals surface area (Å²) in [6, 6.07) is 5.40. The first-order valence-electron chi connectivity index (χ1n) is 8.45. The van der Waals surface area contributed by atoms with Gasteiger partial charge in [-0.1, -0.05) is 41.5 Å². The zero-order valence-corrected chi connectivity index (χ0v) is 16.5. The number of benzene rings is 1. The number of aryl methyl sites for hydroxylation is 3. The molecule has 3 aromatic rings. The van der Waals surface area contributed by atoms with Crippen LogP contribution >= 0.6 is 23.4 Å². The maximum absolute atomic E-state index is 12.1. The Hall–Kier alpha value is -2.39. The molecule has 2 N–H and O–H groups in total. The molecule has 0 radical (unpaired) electrons. The second-order valence-electron chi connectivity index (χ2n) is 5.82. The minimum atomic E-state index is -0.142. The van der Waals surface area contributed by atoms with Gasteiger partial charge in [-0.15, -0.1) is 5.10 Å². The van der Waals surface area contributed by atoms with E-state index < -0.39 is 0 Å². The number of nitrogens with one attached hydrogen (secondary N) is 2. The molecule has 0 saturated carbocycles. The Morgan fingerprint density at radius 1 is 1.37 bits per heavy atom. The Balaban J connectivity index is 1.45. The summed E-state index contributed by atoms with van der Waals surface area (Å²) in [4.78, 5) is 20.7. The van der Waals surface area contributed by atoms with Crippen LogP contribution in [0.4, 0.5) is 5.69 Å². The largest absolute Gasteiger partial charge is 0.339 e. The third-order valence-electron chi connectivity index (χ3n) is 3.71. The van der Waals surface area contributed by atoms with E-state index in [1.807, 2.05) is 26.0 Å². The van der Waals surface area contributed by atoms with Gasteiger partial charge in [0.15, 0.2) is 5.82 Å². The monoisotopic (exact) mass is 406 g/mol. The van der Waals surface area contributed by atoms with E-state index in [9.17, 15) is 4.79 Å². The van der Waals surface area contributed by atoms with Crippen molar-refractivity contribution in [1.82, 2.24) is 25.3 Å². The van der Waals surface area contributed by atoms with Gasteiger partial charge in [0.2, 0.25) is 17.0 Å². The lowest BCUT2D eigenvalue weighted by molar-refractivity contribution is -0.116. The molecule has 1 amide bonds. The van der Waals surface area contributed by atoms with Crippen LogP contribution in [0.3, 0.4) is 0 Å². The van der Waals surface area contributed by atoms with Crippen LogP contribution in [0.5, 0.6) is 0 Å². The molecule has 142 valence electrons.